The molecule has 3 aliphatic rings. The summed E-state index contributed by atoms with van der Waals surface area (Å²) in [6.45, 7) is 9.95. The lowest BCUT2D eigenvalue weighted by Crippen LogP contribution is -2.75. The van der Waals surface area contributed by atoms with Gasteiger partial charge in [-0.05, 0) is 31.7 Å². The summed E-state index contributed by atoms with van der Waals surface area (Å²) in [5.41, 5.74) is 0.0578. The van der Waals surface area contributed by atoms with Gasteiger partial charge in [-0.15, -0.1) is 0 Å². The molecular weight excluding hydrogens is 336 g/mol. The van der Waals surface area contributed by atoms with E-state index in [-0.39, 0.29) is 17.4 Å². The molecule has 4 rings (SSSR count). The maximum absolute atomic E-state index is 12.7. The summed E-state index contributed by atoms with van der Waals surface area (Å²) in [7, 11) is 0. The molecule has 1 saturated heterocycles. The Bertz CT molecular complexity index is 695. The van der Waals surface area contributed by atoms with Crippen molar-refractivity contribution in [2.24, 2.45) is 17.3 Å². The maximum Gasteiger partial charge on any atom is 0.223 e. The molecule has 5 nitrogen and oxygen atoms in total. The molecule has 5 heteroatoms. The third-order valence-electron chi connectivity index (χ3n) is 7.16. The summed E-state index contributed by atoms with van der Waals surface area (Å²) in [4.78, 5) is 24.5. The number of rotatable bonds is 4. The molecule has 3 atom stereocenters. The number of carbonyl (C=O) groups is 1. The highest BCUT2D eigenvalue weighted by molar-refractivity contribution is 5.79. The van der Waals surface area contributed by atoms with Gasteiger partial charge in [0, 0.05) is 48.0 Å². The van der Waals surface area contributed by atoms with Crippen LogP contribution < -0.4 is 10.2 Å². The number of hydrogen-bond acceptors (Lipinski definition) is 4. The van der Waals surface area contributed by atoms with Crippen molar-refractivity contribution in [3.8, 4) is 0 Å². The second-order valence-corrected chi connectivity index (χ2v) is 9.66. The highest BCUT2D eigenvalue weighted by Crippen LogP contribution is 2.53. The van der Waals surface area contributed by atoms with Crippen LogP contribution in [0, 0.1) is 17.3 Å². The molecule has 0 aromatic carbocycles. The first-order valence-corrected chi connectivity index (χ1v) is 10.8. The Morgan fingerprint density at radius 2 is 1.96 bits per heavy atom. The second kappa shape index (κ2) is 7.06. The summed E-state index contributed by atoms with van der Waals surface area (Å²) in [5.74, 6) is 3.37. The Hall–Kier alpha value is -1.65. The van der Waals surface area contributed by atoms with Gasteiger partial charge in [0.1, 0.15) is 11.6 Å². The van der Waals surface area contributed by atoms with E-state index in [4.69, 9.17) is 4.98 Å². The molecule has 27 heavy (non-hydrogen) atoms. The third-order valence-corrected chi connectivity index (χ3v) is 7.16. The van der Waals surface area contributed by atoms with E-state index >= 15 is 0 Å². The molecule has 0 bridgehead atoms. The monoisotopic (exact) mass is 370 g/mol. The van der Waals surface area contributed by atoms with Crippen LogP contribution in [0.4, 0.5) is 5.82 Å². The molecule has 1 aromatic heterocycles. The van der Waals surface area contributed by atoms with Crippen LogP contribution in [-0.2, 0) is 4.79 Å². The number of nitrogens with zero attached hydrogens (tertiary/aromatic N) is 3. The lowest BCUT2D eigenvalue weighted by Gasteiger charge is -2.64. The van der Waals surface area contributed by atoms with Gasteiger partial charge in [0.25, 0.3) is 0 Å². The predicted molar refractivity (Wildman–Crippen MR) is 108 cm³/mol. The van der Waals surface area contributed by atoms with Crippen LogP contribution in [0.3, 0.4) is 0 Å². The van der Waals surface area contributed by atoms with Crippen molar-refractivity contribution < 1.29 is 4.79 Å². The van der Waals surface area contributed by atoms with Crippen molar-refractivity contribution in [1.29, 1.82) is 0 Å². The number of aromatic nitrogens is 2. The number of fused-ring (bicyclic) bond motifs is 1. The molecular formula is C22H34N4O. The summed E-state index contributed by atoms with van der Waals surface area (Å²) in [6, 6.07) is 2.77. The van der Waals surface area contributed by atoms with Crippen molar-refractivity contribution >= 4 is 11.7 Å². The first kappa shape index (κ1) is 18.7. The summed E-state index contributed by atoms with van der Waals surface area (Å²) < 4.78 is 0. The van der Waals surface area contributed by atoms with Crippen molar-refractivity contribution in [2.75, 3.05) is 11.4 Å². The SMILES string of the molecule is CC(C)c1nccc(N2CCCC3C(NC(=O)C4CCCC4)C(C)(C)C32)n1. The fraction of sp³-hybridized carbons (Fsp3) is 0.773. The lowest BCUT2D eigenvalue weighted by atomic mass is 9.52. The molecule has 1 amide bonds. The van der Waals surface area contributed by atoms with Gasteiger partial charge in [0.2, 0.25) is 5.91 Å². The van der Waals surface area contributed by atoms with E-state index in [0.717, 1.165) is 37.4 Å². The zero-order valence-corrected chi connectivity index (χ0v) is 17.2. The minimum atomic E-state index is 0.0578. The molecule has 2 saturated carbocycles. The molecule has 2 heterocycles. The van der Waals surface area contributed by atoms with Crippen LogP contribution in [0.5, 0.6) is 0 Å². The first-order valence-electron chi connectivity index (χ1n) is 10.8. The quantitative estimate of drug-likeness (QED) is 0.873. The Morgan fingerprint density at radius 1 is 1.22 bits per heavy atom. The summed E-state index contributed by atoms with van der Waals surface area (Å²) in [6.07, 6.45) is 8.80. The van der Waals surface area contributed by atoms with Crippen LogP contribution in [0.15, 0.2) is 12.3 Å². The van der Waals surface area contributed by atoms with E-state index in [9.17, 15) is 4.79 Å². The molecule has 3 unspecified atom stereocenters. The standard InChI is InChI=1S/C22H34N4O/c1-14(2)20-23-12-11-17(24-20)26-13-7-10-16-18(22(3,4)19(16)26)25-21(27)15-8-5-6-9-15/h11-12,14-16,18-19H,5-10,13H2,1-4H3,(H,25,27). The summed E-state index contributed by atoms with van der Waals surface area (Å²) >= 11 is 0. The van der Waals surface area contributed by atoms with Crippen LogP contribution in [0.25, 0.3) is 0 Å². The number of hydrogen-bond donors (Lipinski definition) is 1. The van der Waals surface area contributed by atoms with E-state index in [2.05, 4.69) is 49.0 Å². The average Bonchev–Trinajstić information content (AvgIpc) is 3.20. The van der Waals surface area contributed by atoms with E-state index in [1.807, 2.05) is 6.20 Å². The summed E-state index contributed by atoms with van der Waals surface area (Å²) in [5, 5.41) is 3.45. The zero-order chi connectivity index (χ0) is 19.2. The first-order chi connectivity index (χ1) is 12.9. The fourth-order valence-corrected chi connectivity index (χ4v) is 5.76. The molecule has 0 radical (unpaired) electrons. The van der Waals surface area contributed by atoms with E-state index < -0.39 is 0 Å². The van der Waals surface area contributed by atoms with Gasteiger partial charge in [-0.1, -0.05) is 40.5 Å². The molecule has 1 aromatic rings. The Kier molecular flexibility index (Phi) is 4.89. The van der Waals surface area contributed by atoms with E-state index in [1.165, 1.54) is 19.3 Å². The average molecular weight is 371 g/mol. The van der Waals surface area contributed by atoms with Gasteiger partial charge in [-0.25, -0.2) is 9.97 Å². The van der Waals surface area contributed by atoms with Crippen molar-refractivity contribution in [2.45, 2.75) is 84.2 Å². The van der Waals surface area contributed by atoms with Crippen LogP contribution in [-0.4, -0.2) is 34.5 Å². The van der Waals surface area contributed by atoms with Crippen LogP contribution in [0.1, 0.15) is 78.0 Å². The number of nitrogens with one attached hydrogen (secondary N) is 1. The highest BCUT2D eigenvalue weighted by atomic mass is 16.2. The minimum absolute atomic E-state index is 0.0578. The second-order valence-electron chi connectivity index (χ2n) is 9.66. The Morgan fingerprint density at radius 3 is 2.67 bits per heavy atom. The number of piperidine rings is 1. The molecule has 148 valence electrons. The number of amides is 1. The van der Waals surface area contributed by atoms with Crippen molar-refractivity contribution in [3.63, 3.8) is 0 Å². The molecule has 0 spiro atoms. The normalized spacial score (nSPS) is 30.1. The highest BCUT2D eigenvalue weighted by Gasteiger charge is 2.60. The van der Waals surface area contributed by atoms with Crippen molar-refractivity contribution in [3.05, 3.63) is 18.1 Å². The van der Waals surface area contributed by atoms with Gasteiger partial charge in [0.15, 0.2) is 0 Å². The van der Waals surface area contributed by atoms with Crippen LogP contribution in [0.2, 0.25) is 0 Å². The van der Waals surface area contributed by atoms with Gasteiger partial charge in [-0.3, -0.25) is 4.79 Å². The van der Waals surface area contributed by atoms with Crippen LogP contribution >= 0.6 is 0 Å². The van der Waals surface area contributed by atoms with Gasteiger partial charge in [-0.2, -0.15) is 0 Å². The van der Waals surface area contributed by atoms with E-state index in [0.29, 0.717) is 23.8 Å². The Balaban J connectivity index is 1.52. The molecule has 1 aliphatic heterocycles. The molecule has 2 aliphatic carbocycles. The number of carbonyl (C=O) groups excluding carboxylic acids is 1. The topological polar surface area (TPSA) is 58.1 Å². The predicted octanol–water partition coefficient (Wildman–Crippen LogP) is 3.90. The third kappa shape index (κ3) is 3.23. The van der Waals surface area contributed by atoms with Crippen molar-refractivity contribution in [1.82, 2.24) is 15.3 Å². The minimum Gasteiger partial charge on any atom is -0.353 e. The maximum atomic E-state index is 12.7. The fourth-order valence-electron chi connectivity index (χ4n) is 5.76. The van der Waals surface area contributed by atoms with E-state index in [1.54, 1.807) is 0 Å². The molecule has 3 fully saturated rings. The van der Waals surface area contributed by atoms with Gasteiger partial charge < -0.3 is 10.2 Å². The van der Waals surface area contributed by atoms with Gasteiger partial charge >= 0.3 is 0 Å². The largest absolute Gasteiger partial charge is 0.353 e. The van der Waals surface area contributed by atoms with Gasteiger partial charge in [0.05, 0.1) is 0 Å². The zero-order valence-electron chi connectivity index (χ0n) is 17.2. The smallest absolute Gasteiger partial charge is 0.223 e. The lowest BCUT2D eigenvalue weighted by molar-refractivity contribution is -0.131. The molecule has 1 N–H and O–H groups in total. The Labute approximate surface area is 163 Å². The number of anilines is 1.